The Kier molecular flexibility index (Phi) is 9.51. The molecule has 13 heteroatoms. The van der Waals surface area contributed by atoms with Gasteiger partial charge in [-0.05, 0) is 29.3 Å². The lowest BCUT2D eigenvalue weighted by atomic mass is 10.0. The zero-order chi connectivity index (χ0) is 30.5. The summed E-state index contributed by atoms with van der Waals surface area (Å²) in [7, 11) is 1.51. The Morgan fingerprint density at radius 1 is 1.00 bits per heavy atom. The molecule has 0 radical (unpaired) electrons. The van der Waals surface area contributed by atoms with Gasteiger partial charge in [-0.2, -0.15) is 0 Å². The van der Waals surface area contributed by atoms with Gasteiger partial charge in [0.05, 0.1) is 29.4 Å². The van der Waals surface area contributed by atoms with E-state index in [1.165, 1.54) is 29.6 Å². The van der Waals surface area contributed by atoms with Crippen LogP contribution in [0.15, 0.2) is 48.1 Å². The van der Waals surface area contributed by atoms with Crippen molar-refractivity contribution in [2.75, 3.05) is 38.1 Å². The van der Waals surface area contributed by atoms with Gasteiger partial charge in [0.15, 0.2) is 6.10 Å². The average molecular weight is 608 g/mol. The lowest BCUT2D eigenvalue weighted by Gasteiger charge is -2.38. The maximum atomic E-state index is 13.8. The van der Waals surface area contributed by atoms with Gasteiger partial charge in [0, 0.05) is 26.6 Å². The standard InChI is InChI=1S/C30H37N7O5S/c1-18(2)11-22-28(39)31-13-20-14-37(27-26-21(9-10-43-26)32-17-33-27)15-24(42-20)29(40)35-23(12-19-7-5-4-6-8-19)30(41)36(3)16-25(38)34-22/h4-10,17-18,20,22-24H,11-16H2,1-3H3,(H,31,39)(H,34,38)(H,35,40)/t20-,22+,23-,24-/m1/s1. The summed E-state index contributed by atoms with van der Waals surface area (Å²) in [6.07, 6.45) is 0.627. The summed E-state index contributed by atoms with van der Waals surface area (Å²) in [5, 5.41) is 10.6. The van der Waals surface area contributed by atoms with Gasteiger partial charge in [0.25, 0.3) is 5.91 Å². The maximum absolute atomic E-state index is 13.8. The van der Waals surface area contributed by atoms with E-state index < -0.39 is 42.0 Å². The van der Waals surface area contributed by atoms with Gasteiger partial charge < -0.3 is 30.5 Å². The highest BCUT2D eigenvalue weighted by molar-refractivity contribution is 7.17. The summed E-state index contributed by atoms with van der Waals surface area (Å²) in [4.78, 5) is 65.8. The molecule has 0 unspecified atom stereocenters. The third kappa shape index (κ3) is 7.46. The molecule has 228 valence electrons. The first-order chi connectivity index (χ1) is 20.7. The van der Waals surface area contributed by atoms with E-state index in [2.05, 4.69) is 25.9 Å². The van der Waals surface area contributed by atoms with Crippen molar-refractivity contribution in [2.45, 2.75) is 51.0 Å². The molecule has 4 amide bonds. The van der Waals surface area contributed by atoms with Crippen LogP contribution in [0.3, 0.4) is 0 Å². The van der Waals surface area contributed by atoms with Crippen molar-refractivity contribution in [1.82, 2.24) is 30.8 Å². The number of likely N-dealkylation sites (N-methyl/N-ethyl adjacent to an activating group) is 1. The topological polar surface area (TPSA) is 146 Å². The highest BCUT2D eigenvalue weighted by atomic mass is 32.1. The van der Waals surface area contributed by atoms with Gasteiger partial charge >= 0.3 is 0 Å². The van der Waals surface area contributed by atoms with Crippen molar-refractivity contribution >= 4 is 51.0 Å². The van der Waals surface area contributed by atoms with Gasteiger partial charge in [-0.1, -0.05) is 44.2 Å². The molecule has 3 N–H and O–H groups in total. The Morgan fingerprint density at radius 2 is 1.79 bits per heavy atom. The molecule has 2 aliphatic rings. The number of fused-ring (bicyclic) bond motifs is 3. The Balaban J connectivity index is 1.47. The van der Waals surface area contributed by atoms with Crippen LogP contribution in [0, 0.1) is 5.92 Å². The number of thiophene rings is 1. The number of nitrogens with one attached hydrogen (secondary N) is 3. The van der Waals surface area contributed by atoms with E-state index in [4.69, 9.17) is 4.74 Å². The summed E-state index contributed by atoms with van der Waals surface area (Å²) in [6, 6.07) is 9.55. The molecule has 1 aromatic carbocycles. The lowest BCUT2D eigenvalue weighted by molar-refractivity contribution is -0.143. The van der Waals surface area contributed by atoms with Crippen LogP contribution in [0.25, 0.3) is 10.2 Å². The Hall–Kier alpha value is -4.10. The van der Waals surface area contributed by atoms with Crippen molar-refractivity contribution in [1.29, 1.82) is 0 Å². The number of ether oxygens (including phenoxy) is 1. The molecule has 4 atom stereocenters. The molecule has 12 nitrogen and oxygen atoms in total. The number of benzene rings is 1. The van der Waals surface area contributed by atoms with Gasteiger partial charge in [-0.3, -0.25) is 19.2 Å². The minimum Gasteiger partial charge on any atom is -0.360 e. The van der Waals surface area contributed by atoms with E-state index in [0.717, 1.165) is 15.8 Å². The van der Waals surface area contributed by atoms with Crippen LogP contribution in [0.5, 0.6) is 0 Å². The van der Waals surface area contributed by atoms with Gasteiger partial charge in [-0.15, -0.1) is 11.3 Å². The molecular formula is C30H37N7O5S. The predicted octanol–water partition coefficient (Wildman–Crippen LogP) is 1.11. The molecule has 2 aliphatic heterocycles. The number of hydrogen-bond acceptors (Lipinski definition) is 9. The Labute approximate surface area is 254 Å². The zero-order valence-corrected chi connectivity index (χ0v) is 25.3. The predicted molar refractivity (Wildman–Crippen MR) is 162 cm³/mol. The minimum absolute atomic E-state index is 0.120. The maximum Gasteiger partial charge on any atom is 0.251 e. The van der Waals surface area contributed by atoms with Crippen molar-refractivity contribution in [3.8, 4) is 0 Å². The number of aromatic nitrogens is 2. The monoisotopic (exact) mass is 607 g/mol. The van der Waals surface area contributed by atoms with Crippen LogP contribution in [0.4, 0.5) is 5.82 Å². The third-order valence-corrected chi connectivity index (χ3v) is 8.40. The third-order valence-electron chi connectivity index (χ3n) is 7.50. The highest BCUT2D eigenvalue weighted by Gasteiger charge is 2.37. The first kappa shape index (κ1) is 30.4. The van der Waals surface area contributed by atoms with E-state index in [0.29, 0.717) is 18.8 Å². The van der Waals surface area contributed by atoms with Crippen molar-refractivity contribution in [3.05, 3.63) is 53.7 Å². The second-order valence-electron chi connectivity index (χ2n) is 11.4. The molecule has 2 saturated heterocycles. The van der Waals surface area contributed by atoms with Crippen LogP contribution < -0.4 is 20.9 Å². The molecular weight excluding hydrogens is 570 g/mol. The fourth-order valence-electron chi connectivity index (χ4n) is 5.42. The van der Waals surface area contributed by atoms with Crippen LogP contribution in [0.2, 0.25) is 0 Å². The van der Waals surface area contributed by atoms with Crippen LogP contribution in [0.1, 0.15) is 25.8 Å². The van der Waals surface area contributed by atoms with Crippen LogP contribution in [-0.2, 0) is 30.3 Å². The van der Waals surface area contributed by atoms with E-state index in [-0.39, 0.29) is 37.9 Å². The summed E-state index contributed by atoms with van der Waals surface area (Å²) in [5.41, 5.74) is 1.66. The van der Waals surface area contributed by atoms with E-state index in [1.807, 2.05) is 60.5 Å². The van der Waals surface area contributed by atoms with Crippen LogP contribution >= 0.6 is 11.3 Å². The number of carbonyl (C=O) groups is 4. The van der Waals surface area contributed by atoms with E-state index in [9.17, 15) is 19.2 Å². The fourth-order valence-corrected chi connectivity index (χ4v) is 6.29. The number of amides is 4. The van der Waals surface area contributed by atoms with Gasteiger partial charge in [0.2, 0.25) is 17.7 Å². The minimum atomic E-state index is -0.951. The lowest BCUT2D eigenvalue weighted by Crippen LogP contribution is -2.59. The molecule has 2 aromatic heterocycles. The summed E-state index contributed by atoms with van der Waals surface area (Å²) in [5.74, 6) is -0.883. The normalized spacial score (nSPS) is 24.3. The molecule has 0 aliphatic carbocycles. The molecule has 43 heavy (non-hydrogen) atoms. The molecule has 3 aromatic rings. The molecule has 2 bridgehead atoms. The van der Waals surface area contributed by atoms with Crippen molar-refractivity contribution < 1.29 is 23.9 Å². The second-order valence-corrected chi connectivity index (χ2v) is 12.3. The zero-order valence-electron chi connectivity index (χ0n) is 24.5. The number of anilines is 1. The highest BCUT2D eigenvalue weighted by Crippen LogP contribution is 2.30. The summed E-state index contributed by atoms with van der Waals surface area (Å²) in [6.45, 7) is 4.35. The van der Waals surface area contributed by atoms with E-state index >= 15 is 0 Å². The van der Waals surface area contributed by atoms with Crippen molar-refractivity contribution in [2.24, 2.45) is 5.92 Å². The van der Waals surface area contributed by atoms with Gasteiger partial charge in [-0.25, -0.2) is 9.97 Å². The quantitative estimate of drug-likeness (QED) is 0.391. The number of morpholine rings is 1. The first-order valence-corrected chi connectivity index (χ1v) is 15.3. The van der Waals surface area contributed by atoms with Crippen LogP contribution in [-0.4, -0.2) is 96.0 Å². The summed E-state index contributed by atoms with van der Waals surface area (Å²) < 4.78 is 7.13. The molecule has 0 spiro atoms. The largest absolute Gasteiger partial charge is 0.360 e. The molecule has 0 saturated carbocycles. The number of carbonyl (C=O) groups excluding carboxylic acids is 4. The Bertz CT molecular complexity index is 1470. The number of hydrogen-bond donors (Lipinski definition) is 3. The Morgan fingerprint density at radius 3 is 2.56 bits per heavy atom. The molecule has 2 fully saturated rings. The molecule has 5 rings (SSSR count). The van der Waals surface area contributed by atoms with Crippen molar-refractivity contribution in [3.63, 3.8) is 0 Å². The smallest absolute Gasteiger partial charge is 0.251 e. The SMILES string of the molecule is CC(C)C[C@@H]1NC(=O)CN(C)C(=O)[C@@H](Cc2ccccc2)NC(=O)[C@H]2CN(c3ncnc4ccsc34)C[C@@H](CNC1=O)O2. The molecule has 4 heterocycles. The van der Waals surface area contributed by atoms with Gasteiger partial charge in [0.1, 0.15) is 24.2 Å². The fraction of sp³-hybridized carbons (Fsp3) is 0.467. The number of nitrogens with zero attached hydrogens (tertiary/aromatic N) is 4. The average Bonchev–Trinajstić information content (AvgIpc) is 3.47. The summed E-state index contributed by atoms with van der Waals surface area (Å²) >= 11 is 1.51. The first-order valence-electron chi connectivity index (χ1n) is 14.4. The second kappa shape index (κ2) is 13.5. The van der Waals surface area contributed by atoms with E-state index in [1.54, 1.807) is 0 Å². The number of rotatable bonds is 5.